The average molecular weight is 263 g/mol. The molecule has 1 heterocycles. The zero-order valence-corrected chi connectivity index (χ0v) is 11.8. The predicted molar refractivity (Wildman–Crippen MR) is 76.2 cm³/mol. The third kappa shape index (κ3) is 4.50. The highest BCUT2D eigenvalue weighted by Gasteiger charge is 2.15. The standard InChI is InChI=1S/C16H25NO2/c1-2-7-15(18)14-10-6-11-16(17-14)19-12-13-8-4-3-5-9-13/h6,10-11,13,15,18H,2-5,7-9,12H2,1H3. The number of rotatable bonds is 6. The summed E-state index contributed by atoms with van der Waals surface area (Å²) in [5.41, 5.74) is 0.725. The van der Waals surface area contributed by atoms with Gasteiger partial charge in [-0.1, -0.05) is 38.7 Å². The smallest absolute Gasteiger partial charge is 0.213 e. The van der Waals surface area contributed by atoms with Gasteiger partial charge >= 0.3 is 0 Å². The molecule has 1 unspecified atom stereocenters. The van der Waals surface area contributed by atoms with Crippen molar-refractivity contribution in [1.29, 1.82) is 0 Å². The van der Waals surface area contributed by atoms with Gasteiger partial charge in [0, 0.05) is 6.07 Å². The minimum atomic E-state index is -0.469. The molecule has 2 rings (SSSR count). The minimum Gasteiger partial charge on any atom is -0.477 e. The lowest BCUT2D eigenvalue weighted by Gasteiger charge is -2.21. The van der Waals surface area contributed by atoms with E-state index in [0.29, 0.717) is 11.8 Å². The first kappa shape index (κ1) is 14.3. The summed E-state index contributed by atoms with van der Waals surface area (Å²) in [6.07, 6.45) is 7.81. The van der Waals surface area contributed by atoms with Crippen molar-refractivity contribution in [3.8, 4) is 5.88 Å². The first-order valence-electron chi connectivity index (χ1n) is 7.57. The van der Waals surface area contributed by atoms with E-state index in [9.17, 15) is 5.11 Å². The van der Waals surface area contributed by atoms with Crippen LogP contribution in [0.1, 0.15) is 63.7 Å². The normalized spacial score (nSPS) is 18.2. The molecule has 0 aliphatic heterocycles. The molecule has 106 valence electrons. The lowest BCUT2D eigenvalue weighted by molar-refractivity contribution is 0.158. The van der Waals surface area contributed by atoms with Crippen molar-refractivity contribution in [3.05, 3.63) is 23.9 Å². The highest BCUT2D eigenvalue weighted by molar-refractivity contribution is 5.17. The van der Waals surface area contributed by atoms with E-state index < -0.39 is 6.10 Å². The molecule has 1 N–H and O–H groups in total. The Balaban J connectivity index is 1.87. The third-order valence-electron chi connectivity index (χ3n) is 3.84. The Morgan fingerprint density at radius 2 is 2.11 bits per heavy atom. The number of aromatic nitrogens is 1. The van der Waals surface area contributed by atoms with Gasteiger partial charge in [0.1, 0.15) is 0 Å². The van der Waals surface area contributed by atoms with E-state index in [1.54, 1.807) is 0 Å². The van der Waals surface area contributed by atoms with Gasteiger partial charge in [-0.3, -0.25) is 0 Å². The Morgan fingerprint density at radius 1 is 1.32 bits per heavy atom. The zero-order chi connectivity index (χ0) is 13.5. The van der Waals surface area contributed by atoms with Crippen LogP contribution >= 0.6 is 0 Å². The molecule has 19 heavy (non-hydrogen) atoms. The van der Waals surface area contributed by atoms with E-state index in [1.807, 2.05) is 18.2 Å². The number of hydrogen-bond donors (Lipinski definition) is 1. The number of pyridine rings is 1. The van der Waals surface area contributed by atoms with Gasteiger partial charge in [-0.05, 0) is 31.2 Å². The molecule has 0 bridgehead atoms. The van der Waals surface area contributed by atoms with Crippen molar-refractivity contribution in [1.82, 2.24) is 4.98 Å². The van der Waals surface area contributed by atoms with Gasteiger partial charge in [0.25, 0.3) is 0 Å². The first-order valence-corrected chi connectivity index (χ1v) is 7.57. The Labute approximate surface area is 116 Å². The van der Waals surface area contributed by atoms with Gasteiger partial charge in [-0.15, -0.1) is 0 Å². The fraction of sp³-hybridized carbons (Fsp3) is 0.688. The fourth-order valence-electron chi connectivity index (χ4n) is 2.68. The van der Waals surface area contributed by atoms with Crippen molar-refractivity contribution >= 4 is 0 Å². The number of hydrogen-bond acceptors (Lipinski definition) is 3. The van der Waals surface area contributed by atoms with E-state index in [1.165, 1.54) is 32.1 Å². The number of ether oxygens (including phenoxy) is 1. The maximum Gasteiger partial charge on any atom is 0.213 e. The maximum absolute atomic E-state index is 9.94. The minimum absolute atomic E-state index is 0.469. The van der Waals surface area contributed by atoms with Crippen LogP contribution in [0, 0.1) is 5.92 Å². The Hall–Kier alpha value is -1.09. The quantitative estimate of drug-likeness (QED) is 0.847. The molecule has 1 atom stereocenters. The van der Waals surface area contributed by atoms with Crippen molar-refractivity contribution in [2.75, 3.05) is 6.61 Å². The average Bonchev–Trinajstić information content (AvgIpc) is 2.47. The van der Waals surface area contributed by atoms with Gasteiger partial charge in [0.05, 0.1) is 18.4 Å². The molecular weight excluding hydrogens is 238 g/mol. The van der Waals surface area contributed by atoms with E-state index in [-0.39, 0.29) is 0 Å². The summed E-state index contributed by atoms with van der Waals surface area (Å²) in [6.45, 7) is 2.83. The molecule has 3 heteroatoms. The van der Waals surface area contributed by atoms with Crippen LogP contribution in [0.3, 0.4) is 0 Å². The van der Waals surface area contributed by atoms with Crippen molar-refractivity contribution in [3.63, 3.8) is 0 Å². The summed E-state index contributed by atoms with van der Waals surface area (Å²) < 4.78 is 5.79. The topological polar surface area (TPSA) is 42.4 Å². The third-order valence-corrected chi connectivity index (χ3v) is 3.84. The molecule has 1 aliphatic carbocycles. The van der Waals surface area contributed by atoms with Crippen LogP contribution in [0.5, 0.6) is 5.88 Å². The summed E-state index contributed by atoms with van der Waals surface area (Å²) in [5.74, 6) is 1.33. The van der Waals surface area contributed by atoms with Crippen LogP contribution in [-0.2, 0) is 0 Å². The molecule has 0 aromatic carbocycles. The monoisotopic (exact) mass is 263 g/mol. The summed E-state index contributed by atoms with van der Waals surface area (Å²) in [6, 6.07) is 5.66. The van der Waals surface area contributed by atoms with Gasteiger partial charge < -0.3 is 9.84 Å². The van der Waals surface area contributed by atoms with Crippen LogP contribution in [0.4, 0.5) is 0 Å². The lowest BCUT2D eigenvalue weighted by atomic mass is 9.90. The van der Waals surface area contributed by atoms with Crippen LogP contribution in [0.15, 0.2) is 18.2 Å². The van der Waals surface area contributed by atoms with Crippen molar-refractivity contribution in [2.45, 2.75) is 58.0 Å². The molecule has 1 saturated carbocycles. The van der Waals surface area contributed by atoms with Crippen LogP contribution in [-0.4, -0.2) is 16.7 Å². The molecule has 1 fully saturated rings. The van der Waals surface area contributed by atoms with E-state index in [2.05, 4.69) is 11.9 Å². The second-order valence-corrected chi connectivity index (χ2v) is 5.52. The van der Waals surface area contributed by atoms with Gasteiger partial charge in [-0.25, -0.2) is 4.98 Å². The number of nitrogens with zero attached hydrogens (tertiary/aromatic N) is 1. The molecule has 0 saturated heterocycles. The SMILES string of the molecule is CCCC(O)c1cccc(OCC2CCCCC2)n1. The van der Waals surface area contributed by atoms with E-state index in [0.717, 1.165) is 25.1 Å². The first-order chi connectivity index (χ1) is 9.29. The number of aliphatic hydroxyl groups is 1. The van der Waals surface area contributed by atoms with E-state index in [4.69, 9.17) is 4.74 Å². The molecule has 1 aliphatic rings. The zero-order valence-electron chi connectivity index (χ0n) is 11.8. The molecule has 0 radical (unpaired) electrons. The van der Waals surface area contributed by atoms with Crippen molar-refractivity contribution < 1.29 is 9.84 Å². The largest absolute Gasteiger partial charge is 0.477 e. The molecule has 0 spiro atoms. The van der Waals surface area contributed by atoms with Crippen LogP contribution in [0.25, 0.3) is 0 Å². The molecular formula is C16H25NO2. The van der Waals surface area contributed by atoms with Crippen LogP contribution in [0.2, 0.25) is 0 Å². The second kappa shape index (κ2) is 7.49. The van der Waals surface area contributed by atoms with Gasteiger partial charge in [0.15, 0.2) is 0 Å². The molecule has 1 aromatic rings. The number of aliphatic hydroxyl groups excluding tert-OH is 1. The molecule has 0 amide bonds. The predicted octanol–water partition coefficient (Wildman–Crippen LogP) is 3.87. The van der Waals surface area contributed by atoms with Crippen LogP contribution < -0.4 is 4.74 Å². The fourth-order valence-corrected chi connectivity index (χ4v) is 2.68. The summed E-state index contributed by atoms with van der Waals surface area (Å²) >= 11 is 0. The second-order valence-electron chi connectivity index (χ2n) is 5.52. The highest BCUT2D eigenvalue weighted by atomic mass is 16.5. The van der Waals surface area contributed by atoms with Crippen molar-refractivity contribution in [2.24, 2.45) is 5.92 Å². The van der Waals surface area contributed by atoms with Gasteiger partial charge in [0.2, 0.25) is 5.88 Å². The highest BCUT2D eigenvalue weighted by Crippen LogP contribution is 2.25. The molecule has 1 aromatic heterocycles. The Kier molecular flexibility index (Phi) is 5.64. The van der Waals surface area contributed by atoms with E-state index >= 15 is 0 Å². The summed E-state index contributed by atoms with van der Waals surface area (Å²) in [7, 11) is 0. The summed E-state index contributed by atoms with van der Waals surface area (Å²) in [5, 5.41) is 9.94. The Morgan fingerprint density at radius 3 is 2.84 bits per heavy atom. The Bertz CT molecular complexity index is 375. The lowest BCUT2D eigenvalue weighted by Crippen LogP contribution is -2.16. The van der Waals surface area contributed by atoms with Gasteiger partial charge in [-0.2, -0.15) is 0 Å². The molecule has 3 nitrogen and oxygen atoms in total. The maximum atomic E-state index is 9.94. The summed E-state index contributed by atoms with van der Waals surface area (Å²) in [4.78, 5) is 4.40.